The molecule has 0 unspecified atom stereocenters. The van der Waals surface area contributed by atoms with Crippen LogP contribution in [0, 0.1) is 0 Å². The van der Waals surface area contributed by atoms with E-state index in [0.717, 1.165) is 33.6 Å². The number of fused-ring (bicyclic) bond motifs is 1. The molecule has 2 aromatic heterocycles. The maximum atomic E-state index is 12.5. The number of carbonyl (C=O) groups is 2. The monoisotopic (exact) mass is 427 g/mol. The van der Waals surface area contributed by atoms with Crippen molar-refractivity contribution in [2.75, 3.05) is 19.4 Å². The van der Waals surface area contributed by atoms with Crippen molar-refractivity contribution in [3.8, 4) is 11.1 Å². The van der Waals surface area contributed by atoms with E-state index in [9.17, 15) is 9.59 Å². The summed E-state index contributed by atoms with van der Waals surface area (Å²) in [4.78, 5) is 30.1. The average Bonchev–Trinajstić information content (AvgIpc) is 3.26. The minimum Gasteiger partial charge on any atom is -0.349 e. The van der Waals surface area contributed by atoms with E-state index in [-0.39, 0.29) is 18.2 Å². The molecule has 162 valence electrons. The van der Waals surface area contributed by atoms with Crippen LogP contribution in [0.3, 0.4) is 0 Å². The van der Waals surface area contributed by atoms with Gasteiger partial charge in [-0.3, -0.25) is 9.59 Å². The molecule has 0 atom stereocenters. The zero-order valence-corrected chi connectivity index (χ0v) is 18.2. The highest BCUT2D eigenvalue weighted by Crippen LogP contribution is 2.21. The summed E-state index contributed by atoms with van der Waals surface area (Å²) >= 11 is 0. The van der Waals surface area contributed by atoms with Gasteiger partial charge >= 0.3 is 0 Å². The summed E-state index contributed by atoms with van der Waals surface area (Å²) in [5.41, 5.74) is 5.59. The van der Waals surface area contributed by atoms with Crippen LogP contribution in [0.25, 0.3) is 16.8 Å². The summed E-state index contributed by atoms with van der Waals surface area (Å²) in [7, 11) is 3.50. The minimum absolute atomic E-state index is 0.0795. The van der Waals surface area contributed by atoms with Crippen LogP contribution in [0.4, 0.5) is 5.69 Å². The molecule has 32 heavy (non-hydrogen) atoms. The van der Waals surface area contributed by atoms with E-state index >= 15 is 0 Å². The zero-order valence-electron chi connectivity index (χ0n) is 18.2. The molecule has 4 aromatic rings. The van der Waals surface area contributed by atoms with Gasteiger partial charge < -0.3 is 10.2 Å². The van der Waals surface area contributed by atoms with Crippen molar-refractivity contribution in [1.82, 2.24) is 19.5 Å². The Bertz CT molecular complexity index is 1240. The Morgan fingerprint density at radius 2 is 1.78 bits per heavy atom. The molecule has 2 aromatic carbocycles. The number of amides is 2. The van der Waals surface area contributed by atoms with Crippen LogP contribution in [0.5, 0.6) is 0 Å². The first-order valence-corrected chi connectivity index (χ1v) is 10.5. The predicted molar refractivity (Wildman–Crippen MR) is 124 cm³/mol. The molecule has 4 rings (SSSR count). The van der Waals surface area contributed by atoms with E-state index in [1.807, 2.05) is 66.9 Å². The van der Waals surface area contributed by atoms with E-state index in [2.05, 4.69) is 15.4 Å². The molecule has 1 N–H and O–H groups in total. The van der Waals surface area contributed by atoms with Crippen LogP contribution < -0.4 is 5.32 Å². The number of anilines is 1. The lowest BCUT2D eigenvalue weighted by molar-refractivity contribution is -0.128. The second-order valence-corrected chi connectivity index (χ2v) is 7.89. The van der Waals surface area contributed by atoms with Gasteiger partial charge in [-0.1, -0.05) is 36.4 Å². The van der Waals surface area contributed by atoms with Crippen LogP contribution >= 0.6 is 0 Å². The van der Waals surface area contributed by atoms with Crippen molar-refractivity contribution in [1.29, 1.82) is 0 Å². The van der Waals surface area contributed by atoms with Gasteiger partial charge in [-0.05, 0) is 52.9 Å². The number of hydrogen-bond acceptors (Lipinski definition) is 4. The zero-order chi connectivity index (χ0) is 22.5. The Labute approximate surface area is 186 Å². The number of hydrogen-bond donors (Lipinski definition) is 1. The van der Waals surface area contributed by atoms with Crippen LogP contribution in [0.15, 0.2) is 73.2 Å². The van der Waals surface area contributed by atoms with Crippen molar-refractivity contribution in [3.63, 3.8) is 0 Å². The third-order valence-electron chi connectivity index (χ3n) is 5.27. The van der Waals surface area contributed by atoms with Crippen molar-refractivity contribution in [2.45, 2.75) is 19.3 Å². The van der Waals surface area contributed by atoms with Gasteiger partial charge in [0.25, 0.3) is 0 Å². The van der Waals surface area contributed by atoms with Crippen LogP contribution in [-0.2, 0) is 22.4 Å². The lowest BCUT2D eigenvalue weighted by Gasteiger charge is -2.11. The first-order chi connectivity index (χ1) is 15.5. The van der Waals surface area contributed by atoms with Crippen molar-refractivity contribution < 1.29 is 9.59 Å². The second-order valence-electron chi connectivity index (χ2n) is 7.89. The van der Waals surface area contributed by atoms with Crippen molar-refractivity contribution in [3.05, 3.63) is 84.3 Å². The highest BCUT2D eigenvalue weighted by atomic mass is 16.2. The van der Waals surface area contributed by atoms with E-state index in [4.69, 9.17) is 0 Å². The fourth-order valence-electron chi connectivity index (χ4n) is 3.48. The molecule has 0 aliphatic carbocycles. The molecule has 0 saturated heterocycles. The molecule has 0 aliphatic heterocycles. The van der Waals surface area contributed by atoms with Gasteiger partial charge in [-0.25, -0.2) is 9.50 Å². The molecular weight excluding hydrogens is 402 g/mol. The third kappa shape index (κ3) is 5.18. The van der Waals surface area contributed by atoms with Crippen LogP contribution in [0.1, 0.15) is 17.5 Å². The number of nitrogens with one attached hydrogen (secondary N) is 1. The summed E-state index contributed by atoms with van der Waals surface area (Å²) in [5, 5.41) is 7.06. The largest absolute Gasteiger partial charge is 0.349 e. The topological polar surface area (TPSA) is 79.6 Å². The Morgan fingerprint density at radius 3 is 2.56 bits per heavy atom. The number of carbonyl (C=O) groups excluding carboxylic acids is 2. The first-order valence-electron chi connectivity index (χ1n) is 10.5. The molecule has 0 bridgehead atoms. The maximum absolute atomic E-state index is 12.5. The summed E-state index contributed by atoms with van der Waals surface area (Å²) < 4.78 is 1.72. The molecule has 0 radical (unpaired) electrons. The fourth-order valence-corrected chi connectivity index (χ4v) is 3.48. The fraction of sp³-hybridized carbons (Fsp3) is 0.200. The van der Waals surface area contributed by atoms with E-state index in [1.165, 1.54) is 6.33 Å². The number of pyridine rings is 1. The highest BCUT2D eigenvalue weighted by Gasteiger charge is 2.08. The molecule has 7 heteroatoms. The number of aryl methyl sites for hydroxylation is 1. The molecule has 0 fully saturated rings. The molecular formula is C25H25N5O2. The van der Waals surface area contributed by atoms with Gasteiger partial charge in [-0.2, -0.15) is 5.10 Å². The smallest absolute Gasteiger partial charge is 0.228 e. The molecule has 2 heterocycles. The minimum atomic E-state index is -0.0795. The van der Waals surface area contributed by atoms with Gasteiger partial charge in [0, 0.05) is 32.4 Å². The number of benzene rings is 2. The Hall–Kier alpha value is -4.00. The summed E-state index contributed by atoms with van der Waals surface area (Å²) in [6.45, 7) is 0. The molecule has 0 aliphatic rings. The van der Waals surface area contributed by atoms with Crippen molar-refractivity contribution in [2.24, 2.45) is 0 Å². The molecule has 0 spiro atoms. The van der Waals surface area contributed by atoms with Gasteiger partial charge in [0.2, 0.25) is 11.8 Å². The Kier molecular flexibility index (Phi) is 6.26. The summed E-state index contributed by atoms with van der Waals surface area (Å²) in [6, 6.07) is 19.6. The van der Waals surface area contributed by atoms with Gasteiger partial charge in [0.15, 0.2) is 5.65 Å². The number of aromatic nitrogens is 3. The van der Waals surface area contributed by atoms with E-state index in [0.29, 0.717) is 12.8 Å². The standard InChI is InChI=1S/C25H25N5O2/c1-29(2)25(32)11-8-18-4-3-5-22(14-18)28-24(31)15-19-6-9-20(10-7-19)21-12-13-30-23(16-21)26-17-27-30/h3-7,9-10,12-14,16-17H,8,11,15H2,1-2H3,(H,28,31). The van der Waals surface area contributed by atoms with Crippen LogP contribution in [0.2, 0.25) is 0 Å². The highest BCUT2D eigenvalue weighted by molar-refractivity contribution is 5.92. The Balaban J connectivity index is 1.36. The van der Waals surface area contributed by atoms with Gasteiger partial charge in [0.1, 0.15) is 6.33 Å². The maximum Gasteiger partial charge on any atom is 0.228 e. The molecule has 7 nitrogen and oxygen atoms in total. The normalized spacial score (nSPS) is 10.8. The molecule has 0 saturated carbocycles. The van der Waals surface area contributed by atoms with Crippen molar-refractivity contribution >= 4 is 23.1 Å². The van der Waals surface area contributed by atoms with E-state index in [1.54, 1.807) is 23.5 Å². The lowest BCUT2D eigenvalue weighted by Crippen LogP contribution is -2.21. The molecule has 2 amide bonds. The summed E-state index contributed by atoms with van der Waals surface area (Å²) in [6.07, 6.45) is 4.78. The number of rotatable bonds is 7. The lowest BCUT2D eigenvalue weighted by atomic mass is 10.0. The van der Waals surface area contributed by atoms with Crippen LogP contribution in [-0.4, -0.2) is 45.4 Å². The van der Waals surface area contributed by atoms with E-state index < -0.39 is 0 Å². The SMILES string of the molecule is CN(C)C(=O)CCc1cccc(NC(=O)Cc2ccc(-c3ccn4ncnc4c3)cc2)c1. The quantitative estimate of drug-likeness (QED) is 0.489. The van der Waals surface area contributed by atoms with Gasteiger partial charge in [-0.15, -0.1) is 0 Å². The number of nitrogens with zero attached hydrogens (tertiary/aromatic N) is 4. The Morgan fingerprint density at radius 1 is 0.969 bits per heavy atom. The first kappa shape index (κ1) is 21.2. The second kappa shape index (κ2) is 9.43. The summed E-state index contributed by atoms with van der Waals surface area (Å²) in [5.74, 6) is 0.00778. The average molecular weight is 428 g/mol. The van der Waals surface area contributed by atoms with Gasteiger partial charge in [0.05, 0.1) is 6.42 Å². The predicted octanol–water partition coefficient (Wildman–Crippen LogP) is 3.60. The third-order valence-corrected chi connectivity index (χ3v) is 5.27.